The van der Waals surface area contributed by atoms with Crippen LogP contribution >= 0.6 is 0 Å². The Morgan fingerprint density at radius 3 is 2.59 bits per heavy atom. The summed E-state index contributed by atoms with van der Waals surface area (Å²) in [6, 6.07) is 4.14. The van der Waals surface area contributed by atoms with Gasteiger partial charge in [0.15, 0.2) is 0 Å². The van der Waals surface area contributed by atoms with Crippen LogP contribution in [0.1, 0.15) is 15.9 Å². The Balaban J connectivity index is 2.06. The van der Waals surface area contributed by atoms with Crippen molar-refractivity contribution in [3.05, 3.63) is 35.1 Å². The van der Waals surface area contributed by atoms with Crippen LogP contribution < -0.4 is 0 Å². The number of benzene rings is 1. The Kier molecular flexibility index (Phi) is 2.83. The van der Waals surface area contributed by atoms with Crippen molar-refractivity contribution in [2.24, 2.45) is 5.92 Å². The van der Waals surface area contributed by atoms with Gasteiger partial charge in [0.05, 0.1) is 5.92 Å². The Morgan fingerprint density at radius 1 is 1.41 bits per heavy atom. The Bertz CT molecular complexity index is 481. The first kappa shape index (κ1) is 11.6. The zero-order chi connectivity index (χ0) is 12.6. The highest BCUT2D eigenvalue weighted by Crippen LogP contribution is 2.19. The van der Waals surface area contributed by atoms with Gasteiger partial charge in [-0.25, -0.2) is 4.39 Å². The maximum Gasteiger partial charge on any atom is 0.310 e. The number of carbonyl (C=O) groups is 2. The zero-order valence-corrected chi connectivity index (χ0v) is 9.31. The molecule has 0 radical (unpaired) electrons. The second kappa shape index (κ2) is 4.16. The molecule has 17 heavy (non-hydrogen) atoms. The standard InChI is InChI=1S/C12H12FNO3/c1-7-4-8(2-3-10(7)13)11(15)14-5-9(6-14)12(16)17/h2-4,9H,5-6H2,1H3,(H,16,17). The Labute approximate surface area is 97.7 Å². The van der Waals surface area contributed by atoms with E-state index < -0.39 is 11.9 Å². The van der Waals surface area contributed by atoms with Gasteiger partial charge in [0.25, 0.3) is 5.91 Å². The molecule has 0 spiro atoms. The largest absolute Gasteiger partial charge is 0.481 e. The molecule has 0 aliphatic carbocycles. The molecule has 2 rings (SSSR count). The van der Waals surface area contributed by atoms with Gasteiger partial charge in [-0.1, -0.05) is 0 Å². The SMILES string of the molecule is Cc1cc(C(=O)N2CC(C(=O)O)C2)ccc1F. The number of carboxylic acid groups (broad SMARTS) is 1. The molecule has 1 amide bonds. The lowest BCUT2D eigenvalue weighted by Crippen LogP contribution is -2.53. The van der Waals surface area contributed by atoms with E-state index in [9.17, 15) is 14.0 Å². The van der Waals surface area contributed by atoms with Gasteiger partial charge < -0.3 is 10.0 Å². The van der Waals surface area contributed by atoms with E-state index in [-0.39, 0.29) is 24.8 Å². The maximum atomic E-state index is 13.0. The van der Waals surface area contributed by atoms with Crippen LogP contribution in [0.5, 0.6) is 0 Å². The number of likely N-dealkylation sites (tertiary alicyclic amines) is 1. The van der Waals surface area contributed by atoms with Crippen molar-refractivity contribution in [3.8, 4) is 0 Å². The van der Waals surface area contributed by atoms with Crippen molar-refractivity contribution >= 4 is 11.9 Å². The molecule has 1 heterocycles. The van der Waals surface area contributed by atoms with Gasteiger partial charge in [0.1, 0.15) is 5.82 Å². The molecule has 1 aliphatic heterocycles. The number of halogens is 1. The summed E-state index contributed by atoms with van der Waals surface area (Å²) in [5, 5.41) is 8.70. The quantitative estimate of drug-likeness (QED) is 0.843. The summed E-state index contributed by atoms with van der Waals surface area (Å²) in [6.45, 7) is 2.04. The van der Waals surface area contributed by atoms with E-state index >= 15 is 0 Å². The lowest BCUT2D eigenvalue weighted by atomic mass is 9.99. The molecule has 90 valence electrons. The number of amides is 1. The molecule has 0 aromatic heterocycles. The van der Waals surface area contributed by atoms with Crippen LogP contribution in [0.3, 0.4) is 0 Å². The van der Waals surface area contributed by atoms with Crippen molar-refractivity contribution in [1.29, 1.82) is 0 Å². The molecule has 0 unspecified atom stereocenters. The van der Waals surface area contributed by atoms with Crippen LogP contribution in [0.2, 0.25) is 0 Å². The predicted molar refractivity (Wildman–Crippen MR) is 58.2 cm³/mol. The highest BCUT2D eigenvalue weighted by atomic mass is 19.1. The second-order valence-electron chi connectivity index (χ2n) is 4.21. The number of nitrogens with zero attached hydrogens (tertiary/aromatic N) is 1. The van der Waals surface area contributed by atoms with E-state index in [0.29, 0.717) is 11.1 Å². The molecule has 5 heteroatoms. The molecule has 1 N–H and O–H groups in total. The van der Waals surface area contributed by atoms with Gasteiger partial charge >= 0.3 is 5.97 Å². The summed E-state index contributed by atoms with van der Waals surface area (Å²) < 4.78 is 13.0. The molecule has 0 saturated carbocycles. The van der Waals surface area contributed by atoms with Crippen molar-refractivity contribution < 1.29 is 19.1 Å². The molecule has 4 nitrogen and oxygen atoms in total. The fourth-order valence-electron chi connectivity index (χ4n) is 1.76. The predicted octanol–water partition coefficient (Wildman–Crippen LogP) is 1.29. The van der Waals surface area contributed by atoms with Gasteiger partial charge in [0.2, 0.25) is 0 Å². The van der Waals surface area contributed by atoms with Crippen molar-refractivity contribution in [1.82, 2.24) is 4.90 Å². The Hall–Kier alpha value is -1.91. The van der Waals surface area contributed by atoms with Gasteiger partial charge in [-0.05, 0) is 30.7 Å². The van der Waals surface area contributed by atoms with Crippen LogP contribution in [0, 0.1) is 18.7 Å². The monoisotopic (exact) mass is 237 g/mol. The third kappa shape index (κ3) is 2.13. The third-order valence-electron chi connectivity index (χ3n) is 2.92. The molecular weight excluding hydrogens is 225 g/mol. The van der Waals surface area contributed by atoms with Gasteiger partial charge in [0, 0.05) is 18.7 Å². The van der Waals surface area contributed by atoms with Crippen LogP contribution in [0.25, 0.3) is 0 Å². The number of hydrogen-bond donors (Lipinski definition) is 1. The first-order valence-corrected chi connectivity index (χ1v) is 5.27. The zero-order valence-electron chi connectivity index (χ0n) is 9.31. The topological polar surface area (TPSA) is 57.6 Å². The van der Waals surface area contributed by atoms with Crippen molar-refractivity contribution in [2.45, 2.75) is 6.92 Å². The summed E-state index contributed by atoms with van der Waals surface area (Å²) in [5.74, 6) is -1.95. The average Bonchev–Trinajstić information content (AvgIpc) is 2.19. The van der Waals surface area contributed by atoms with E-state index in [4.69, 9.17) is 5.11 Å². The molecule has 0 bridgehead atoms. The number of aliphatic carboxylic acids is 1. The number of rotatable bonds is 2. The lowest BCUT2D eigenvalue weighted by Gasteiger charge is -2.36. The second-order valence-corrected chi connectivity index (χ2v) is 4.21. The van der Waals surface area contributed by atoms with Gasteiger partial charge in [-0.3, -0.25) is 9.59 Å². The Morgan fingerprint density at radius 2 is 2.06 bits per heavy atom. The third-order valence-corrected chi connectivity index (χ3v) is 2.92. The van der Waals surface area contributed by atoms with Gasteiger partial charge in [-0.15, -0.1) is 0 Å². The molecule has 1 aliphatic rings. The number of hydrogen-bond acceptors (Lipinski definition) is 2. The van der Waals surface area contributed by atoms with E-state index in [1.54, 1.807) is 6.92 Å². The van der Waals surface area contributed by atoms with Crippen molar-refractivity contribution in [3.63, 3.8) is 0 Å². The van der Waals surface area contributed by atoms with E-state index in [1.807, 2.05) is 0 Å². The van der Waals surface area contributed by atoms with Crippen LogP contribution in [-0.4, -0.2) is 35.0 Å². The summed E-state index contributed by atoms with van der Waals surface area (Å²) in [5.41, 5.74) is 0.805. The molecule has 1 saturated heterocycles. The normalized spacial score (nSPS) is 15.5. The first-order chi connectivity index (χ1) is 7.99. The minimum absolute atomic E-state index is 0.227. The molecule has 1 fully saturated rings. The minimum Gasteiger partial charge on any atom is -0.481 e. The summed E-state index contributed by atoms with van der Waals surface area (Å²) >= 11 is 0. The van der Waals surface area contributed by atoms with Gasteiger partial charge in [-0.2, -0.15) is 0 Å². The summed E-state index contributed by atoms with van der Waals surface area (Å²) in [4.78, 5) is 23.9. The highest BCUT2D eigenvalue weighted by molar-refractivity contribution is 5.95. The van der Waals surface area contributed by atoms with E-state index in [0.717, 1.165) is 0 Å². The fraction of sp³-hybridized carbons (Fsp3) is 0.333. The maximum absolute atomic E-state index is 13.0. The average molecular weight is 237 g/mol. The number of carboxylic acids is 1. The minimum atomic E-state index is -0.885. The van der Waals surface area contributed by atoms with Crippen LogP contribution in [0.4, 0.5) is 4.39 Å². The van der Waals surface area contributed by atoms with Crippen molar-refractivity contribution in [2.75, 3.05) is 13.1 Å². The highest BCUT2D eigenvalue weighted by Gasteiger charge is 2.35. The lowest BCUT2D eigenvalue weighted by molar-refractivity contribution is -0.146. The number of carbonyl (C=O) groups excluding carboxylic acids is 1. The van der Waals surface area contributed by atoms with E-state index in [1.165, 1.54) is 23.1 Å². The smallest absolute Gasteiger partial charge is 0.310 e. The summed E-state index contributed by atoms with van der Waals surface area (Å²) in [7, 11) is 0. The molecule has 1 aromatic rings. The molecular formula is C12H12FNO3. The summed E-state index contributed by atoms with van der Waals surface area (Å²) in [6.07, 6.45) is 0. The van der Waals surface area contributed by atoms with Crippen LogP contribution in [0.15, 0.2) is 18.2 Å². The fourth-order valence-corrected chi connectivity index (χ4v) is 1.76. The molecule has 0 atom stereocenters. The molecule has 1 aromatic carbocycles. The van der Waals surface area contributed by atoms with E-state index in [2.05, 4.69) is 0 Å². The number of aryl methyl sites for hydroxylation is 1. The van der Waals surface area contributed by atoms with Crippen LogP contribution in [-0.2, 0) is 4.79 Å². The first-order valence-electron chi connectivity index (χ1n) is 5.27.